The molecule has 1 aromatic carbocycles. The number of urea groups is 1. The van der Waals surface area contributed by atoms with Crippen LogP contribution in [0.25, 0.3) is 0 Å². The van der Waals surface area contributed by atoms with E-state index in [2.05, 4.69) is 24.5 Å². The Balaban J connectivity index is 1.38. The highest BCUT2D eigenvalue weighted by Gasteiger charge is 2.24. The lowest BCUT2D eigenvalue weighted by Crippen LogP contribution is -2.49. The van der Waals surface area contributed by atoms with Crippen LogP contribution in [0.3, 0.4) is 0 Å². The van der Waals surface area contributed by atoms with Crippen molar-refractivity contribution < 1.29 is 14.3 Å². The van der Waals surface area contributed by atoms with Crippen LogP contribution < -0.4 is 15.4 Å². The second-order valence-electron chi connectivity index (χ2n) is 9.11. The number of nitrogens with zero attached hydrogens (tertiary/aromatic N) is 1. The van der Waals surface area contributed by atoms with Crippen LogP contribution >= 0.6 is 0 Å². The molecule has 1 aliphatic heterocycles. The molecule has 0 atom stereocenters. The maximum Gasteiger partial charge on any atom is 0.315 e. The quantitative estimate of drug-likeness (QED) is 0.700. The van der Waals surface area contributed by atoms with Gasteiger partial charge < -0.3 is 20.3 Å². The molecule has 2 fully saturated rings. The molecule has 0 unspecified atom stereocenters. The van der Waals surface area contributed by atoms with Crippen LogP contribution in [-0.4, -0.2) is 42.1 Å². The monoisotopic (exact) mass is 415 g/mol. The highest BCUT2D eigenvalue weighted by Crippen LogP contribution is 2.24. The molecule has 6 nitrogen and oxygen atoms in total. The van der Waals surface area contributed by atoms with E-state index in [1.54, 1.807) is 0 Å². The van der Waals surface area contributed by atoms with Crippen LogP contribution in [-0.2, 0) is 11.3 Å². The first-order chi connectivity index (χ1) is 14.5. The van der Waals surface area contributed by atoms with Gasteiger partial charge in [0.1, 0.15) is 5.75 Å². The van der Waals surface area contributed by atoms with Gasteiger partial charge in [-0.1, -0.05) is 32.4 Å². The molecule has 1 aromatic rings. The van der Waals surface area contributed by atoms with E-state index in [1.165, 1.54) is 19.3 Å². The second kappa shape index (κ2) is 11.2. The number of carbonyl (C=O) groups excluding carboxylic acids is 2. The molecule has 3 rings (SSSR count). The molecule has 2 aliphatic rings. The number of benzene rings is 1. The van der Waals surface area contributed by atoms with E-state index >= 15 is 0 Å². The Labute approximate surface area is 180 Å². The summed E-state index contributed by atoms with van der Waals surface area (Å²) in [4.78, 5) is 26.4. The molecule has 1 saturated carbocycles. The molecule has 1 saturated heterocycles. The minimum absolute atomic E-state index is 0.120. The molecular weight excluding hydrogens is 378 g/mol. The van der Waals surface area contributed by atoms with E-state index in [4.69, 9.17) is 4.74 Å². The van der Waals surface area contributed by atoms with Gasteiger partial charge in [0.25, 0.3) is 0 Å². The molecule has 1 aliphatic carbocycles. The van der Waals surface area contributed by atoms with Crippen molar-refractivity contribution in [1.29, 1.82) is 0 Å². The third kappa shape index (κ3) is 7.22. The Morgan fingerprint density at radius 1 is 1.10 bits per heavy atom. The van der Waals surface area contributed by atoms with E-state index in [1.807, 2.05) is 29.2 Å². The first-order valence-electron chi connectivity index (χ1n) is 11.6. The fourth-order valence-electron chi connectivity index (χ4n) is 4.27. The van der Waals surface area contributed by atoms with Crippen LogP contribution in [0.2, 0.25) is 0 Å². The fraction of sp³-hybridized carbons (Fsp3) is 0.667. The van der Waals surface area contributed by atoms with Crippen molar-refractivity contribution in [3.05, 3.63) is 29.8 Å². The summed E-state index contributed by atoms with van der Waals surface area (Å²) in [6.07, 6.45) is 8.61. The van der Waals surface area contributed by atoms with Gasteiger partial charge in [-0.3, -0.25) is 4.79 Å². The first-order valence-corrected chi connectivity index (χ1v) is 11.6. The lowest BCUT2D eigenvalue weighted by atomic mass is 9.98. The van der Waals surface area contributed by atoms with Crippen LogP contribution in [0.5, 0.6) is 5.75 Å². The molecule has 1 heterocycles. The van der Waals surface area contributed by atoms with E-state index in [-0.39, 0.29) is 18.0 Å². The van der Waals surface area contributed by atoms with Crippen molar-refractivity contribution >= 4 is 11.9 Å². The molecule has 3 amide bonds. The van der Waals surface area contributed by atoms with E-state index < -0.39 is 0 Å². The summed E-state index contributed by atoms with van der Waals surface area (Å²) in [5.74, 6) is 1.49. The zero-order chi connectivity index (χ0) is 21.3. The van der Waals surface area contributed by atoms with Crippen LogP contribution in [0.1, 0.15) is 70.8 Å². The number of ether oxygens (including phenoxy) is 1. The van der Waals surface area contributed by atoms with Crippen molar-refractivity contribution in [2.75, 3.05) is 13.1 Å². The lowest BCUT2D eigenvalue weighted by molar-refractivity contribution is -0.133. The maximum absolute atomic E-state index is 12.3. The van der Waals surface area contributed by atoms with E-state index in [0.717, 1.165) is 50.1 Å². The highest BCUT2D eigenvalue weighted by atomic mass is 16.5. The molecule has 2 N–H and O–H groups in total. The van der Waals surface area contributed by atoms with E-state index in [0.29, 0.717) is 25.0 Å². The predicted molar refractivity (Wildman–Crippen MR) is 118 cm³/mol. The number of hydrogen-bond acceptors (Lipinski definition) is 3. The van der Waals surface area contributed by atoms with Crippen molar-refractivity contribution in [3.63, 3.8) is 0 Å². The number of carbonyl (C=O) groups is 2. The Morgan fingerprint density at radius 3 is 2.53 bits per heavy atom. The zero-order valence-corrected chi connectivity index (χ0v) is 18.5. The third-order valence-corrected chi connectivity index (χ3v) is 5.97. The van der Waals surface area contributed by atoms with Crippen LogP contribution in [0, 0.1) is 5.92 Å². The SMILES string of the molecule is CC(C)CC(=O)N1CCC(NC(=O)NCc2cccc(OC3CCCCC3)c2)CC1. The van der Waals surface area contributed by atoms with Gasteiger partial charge >= 0.3 is 6.03 Å². The van der Waals surface area contributed by atoms with Gasteiger partial charge in [-0.15, -0.1) is 0 Å². The molecule has 0 spiro atoms. The molecule has 166 valence electrons. The minimum atomic E-state index is -0.152. The third-order valence-electron chi connectivity index (χ3n) is 5.97. The van der Waals surface area contributed by atoms with Gasteiger partial charge in [0, 0.05) is 32.1 Å². The number of nitrogens with one attached hydrogen (secondary N) is 2. The first kappa shape index (κ1) is 22.4. The molecule has 6 heteroatoms. The predicted octanol–water partition coefficient (Wildman–Crippen LogP) is 4.23. The molecule has 0 aromatic heterocycles. The fourth-order valence-corrected chi connectivity index (χ4v) is 4.27. The summed E-state index contributed by atoms with van der Waals surface area (Å²) in [5.41, 5.74) is 1.03. The van der Waals surface area contributed by atoms with Gasteiger partial charge in [0.05, 0.1) is 6.10 Å². The van der Waals surface area contributed by atoms with Crippen molar-refractivity contribution in [3.8, 4) is 5.75 Å². The Hall–Kier alpha value is -2.24. The number of likely N-dealkylation sites (tertiary alicyclic amines) is 1. The summed E-state index contributed by atoms with van der Waals surface area (Å²) < 4.78 is 6.12. The standard InChI is InChI=1S/C24H37N3O3/c1-18(2)15-23(28)27-13-11-20(12-14-27)26-24(29)25-17-19-7-6-10-22(16-19)30-21-8-4-3-5-9-21/h6-7,10,16,18,20-21H,3-5,8-9,11-15,17H2,1-2H3,(H2,25,26,29). The Kier molecular flexibility index (Phi) is 8.40. The van der Waals surface area contributed by atoms with Gasteiger partial charge in [-0.2, -0.15) is 0 Å². The molecule has 0 radical (unpaired) electrons. The normalized spacial score (nSPS) is 18.3. The second-order valence-corrected chi connectivity index (χ2v) is 9.11. The smallest absolute Gasteiger partial charge is 0.315 e. The number of hydrogen-bond donors (Lipinski definition) is 2. The highest BCUT2D eigenvalue weighted by molar-refractivity contribution is 5.76. The molecular formula is C24H37N3O3. The average molecular weight is 416 g/mol. The summed E-state index contributed by atoms with van der Waals surface area (Å²) in [5, 5.41) is 6.00. The van der Waals surface area contributed by atoms with Gasteiger partial charge in [0.2, 0.25) is 5.91 Å². The summed E-state index contributed by atoms with van der Waals surface area (Å²) in [6.45, 7) is 6.04. The summed E-state index contributed by atoms with van der Waals surface area (Å²) >= 11 is 0. The Morgan fingerprint density at radius 2 is 1.83 bits per heavy atom. The molecule has 30 heavy (non-hydrogen) atoms. The Bertz CT molecular complexity index is 693. The number of piperidine rings is 1. The van der Waals surface area contributed by atoms with Crippen molar-refractivity contribution in [2.24, 2.45) is 5.92 Å². The number of rotatable bonds is 7. The van der Waals surface area contributed by atoms with Gasteiger partial charge in [0.15, 0.2) is 0 Å². The summed E-state index contributed by atoms with van der Waals surface area (Å²) in [6, 6.07) is 7.97. The zero-order valence-electron chi connectivity index (χ0n) is 18.5. The summed E-state index contributed by atoms with van der Waals surface area (Å²) in [7, 11) is 0. The van der Waals surface area contributed by atoms with Crippen molar-refractivity contribution in [2.45, 2.75) is 83.9 Å². The van der Waals surface area contributed by atoms with Gasteiger partial charge in [-0.25, -0.2) is 4.79 Å². The molecule has 0 bridgehead atoms. The average Bonchev–Trinajstić information content (AvgIpc) is 2.73. The minimum Gasteiger partial charge on any atom is -0.490 e. The maximum atomic E-state index is 12.3. The van der Waals surface area contributed by atoms with Gasteiger partial charge in [-0.05, 0) is 62.1 Å². The lowest BCUT2D eigenvalue weighted by Gasteiger charge is -2.32. The van der Waals surface area contributed by atoms with E-state index in [9.17, 15) is 9.59 Å². The van der Waals surface area contributed by atoms with Crippen LogP contribution in [0.15, 0.2) is 24.3 Å². The largest absolute Gasteiger partial charge is 0.490 e. The number of amides is 3. The van der Waals surface area contributed by atoms with Crippen molar-refractivity contribution in [1.82, 2.24) is 15.5 Å². The topological polar surface area (TPSA) is 70.7 Å². The van der Waals surface area contributed by atoms with Crippen LogP contribution in [0.4, 0.5) is 4.79 Å².